The Morgan fingerprint density at radius 2 is 1.88 bits per heavy atom. The highest BCUT2D eigenvalue weighted by Gasteiger charge is 2.37. The summed E-state index contributed by atoms with van der Waals surface area (Å²) < 4.78 is 0. The molecule has 2 rings (SSSR count). The average Bonchev–Trinajstić information content (AvgIpc) is 2.31. The topological polar surface area (TPSA) is 0 Å². The third kappa shape index (κ3) is 3.24. The summed E-state index contributed by atoms with van der Waals surface area (Å²) in [7, 11) is 0. The molecule has 17 heavy (non-hydrogen) atoms. The number of allylic oxidation sites excluding steroid dienone is 3. The molecule has 0 heteroatoms. The molecule has 2 aliphatic rings. The fraction of sp³-hybridized carbons (Fsp3) is 0.765. The molecule has 0 aliphatic heterocycles. The Kier molecular flexibility index (Phi) is 5.49. The molecule has 0 aromatic rings. The first-order valence-electron chi connectivity index (χ1n) is 7.42. The first kappa shape index (κ1) is 14.5. The largest absolute Gasteiger partial charge is 0.0998 e. The molecule has 1 unspecified atom stereocenters. The van der Waals surface area contributed by atoms with Gasteiger partial charge < -0.3 is 0 Å². The van der Waals surface area contributed by atoms with E-state index in [1.165, 1.54) is 31.3 Å². The summed E-state index contributed by atoms with van der Waals surface area (Å²) in [5.74, 6) is 3.43. The molecule has 4 atom stereocenters. The van der Waals surface area contributed by atoms with Crippen LogP contribution in [0.4, 0.5) is 0 Å². The molecular formula is C17H30. The van der Waals surface area contributed by atoms with Gasteiger partial charge in [-0.3, -0.25) is 0 Å². The van der Waals surface area contributed by atoms with Crippen molar-refractivity contribution in [2.24, 2.45) is 23.7 Å². The smallest absolute Gasteiger partial charge is 0.0134 e. The molecule has 1 saturated carbocycles. The molecule has 0 N–H and O–H groups in total. The van der Waals surface area contributed by atoms with Crippen molar-refractivity contribution in [2.45, 2.75) is 60.3 Å². The maximum absolute atomic E-state index is 4.19. The van der Waals surface area contributed by atoms with Crippen molar-refractivity contribution < 1.29 is 0 Å². The first-order valence-corrected chi connectivity index (χ1v) is 7.42. The van der Waals surface area contributed by atoms with Crippen LogP contribution in [0, 0.1) is 23.7 Å². The highest BCUT2D eigenvalue weighted by atomic mass is 14.4. The van der Waals surface area contributed by atoms with Crippen LogP contribution < -0.4 is 0 Å². The van der Waals surface area contributed by atoms with E-state index in [0.717, 1.165) is 23.7 Å². The molecule has 2 aliphatic carbocycles. The SMILES string of the molecule is C=C(C)C1CC[C@@H](C)[C@@H]2CCC(C)=C[C@H]12.CC. The molecule has 0 aromatic carbocycles. The molecule has 98 valence electrons. The van der Waals surface area contributed by atoms with Crippen LogP contribution in [-0.2, 0) is 0 Å². The van der Waals surface area contributed by atoms with Gasteiger partial charge in [0.05, 0.1) is 0 Å². The van der Waals surface area contributed by atoms with E-state index in [9.17, 15) is 0 Å². The minimum atomic E-state index is 0.765. The lowest BCUT2D eigenvalue weighted by Gasteiger charge is -2.44. The van der Waals surface area contributed by atoms with Crippen LogP contribution in [-0.4, -0.2) is 0 Å². The second-order valence-corrected chi connectivity index (χ2v) is 5.80. The summed E-state index contributed by atoms with van der Waals surface area (Å²) in [6.45, 7) is 15.2. The van der Waals surface area contributed by atoms with Gasteiger partial charge in [0.2, 0.25) is 0 Å². The van der Waals surface area contributed by atoms with Crippen molar-refractivity contribution in [3.05, 3.63) is 23.8 Å². The second kappa shape index (κ2) is 6.42. The minimum absolute atomic E-state index is 0.765. The van der Waals surface area contributed by atoms with Crippen LogP contribution >= 0.6 is 0 Å². The standard InChI is InChI=1S/C15H24.C2H6/c1-10(2)13-8-6-12(4)14-7-5-11(3)9-15(13)14;1-2/h9,12-15H,1,5-8H2,2-4H3;1-2H3/t12-,13?,14+,15-;/m1./s1. The van der Waals surface area contributed by atoms with E-state index in [0.29, 0.717) is 0 Å². The van der Waals surface area contributed by atoms with Crippen molar-refractivity contribution in [1.82, 2.24) is 0 Å². The zero-order valence-electron chi connectivity index (χ0n) is 12.4. The Morgan fingerprint density at radius 3 is 2.47 bits per heavy atom. The van der Waals surface area contributed by atoms with E-state index in [1.54, 1.807) is 5.57 Å². The van der Waals surface area contributed by atoms with Gasteiger partial charge in [-0.1, -0.05) is 44.6 Å². The lowest BCUT2D eigenvalue weighted by atomic mass is 9.61. The second-order valence-electron chi connectivity index (χ2n) is 5.80. The Bertz CT molecular complexity index is 284. The van der Waals surface area contributed by atoms with Crippen molar-refractivity contribution >= 4 is 0 Å². The normalized spacial score (nSPS) is 36.2. The summed E-state index contributed by atoms with van der Waals surface area (Å²) in [6.07, 6.45) is 8.07. The van der Waals surface area contributed by atoms with Gasteiger partial charge >= 0.3 is 0 Å². The Balaban J connectivity index is 0.000000686. The van der Waals surface area contributed by atoms with Gasteiger partial charge in [0, 0.05) is 0 Å². The summed E-state index contributed by atoms with van der Waals surface area (Å²) in [4.78, 5) is 0. The van der Waals surface area contributed by atoms with Crippen LogP contribution in [0.1, 0.15) is 60.3 Å². The summed E-state index contributed by atoms with van der Waals surface area (Å²) in [5.41, 5.74) is 3.01. The molecule has 0 amide bonds. The number of rotatable bonds is 1. The molecule has 0 spiro atoms. The van der Waals surface area contributed by atoms with Crippen LogP contribution in [0.15, 0.2) is 23.8 Å². The number of fused-ring (bicyclic) bond motifs is 1. The number of hydrogen-bond acceptors (Lipinski definition) is 0. The van der Waals surface area contributed by atoms with Crippen LogP contribution in [0.3, 0.4) is 0 Å². The van der Waals surface area contributed by atoms with Crippen molar-refractivity contribution in [3.8, 4) is 0 Å². The first-order chi connectivity index (χ1) is 8.09. The molecule has 0 saturated heterocycles. The van der Waals surface area contributed by atoms with Crippen molar-refractivity contribution in [1.29, 1.82) is 0 Å². The lowest BCUT2D eigenvalue weighted by Crippen LogP contribution is -2.34. The van der Waals surface area contributed by atoms with E-state index in [-0.39, 0.29) is 0 Å². The van der Waals surface area contributed by atoms with Crippen LogP contribution in [0.25, 0.3) is 0 Å². The van der Waals surface area contributed by atoms with Gasteiger partial charge in [0.15, 0.2) is 0 Å². The average molecular weight is 234 g/mol. The van der Waals surface area contributed by atoms with Crippen molar-refractivity contribution in [3.63, 3.8) is 0 Å². The molecule has 0 nitrogen and oxygen atoms in total. The van der Waals surface area contributed by atoms with Crippen LogP contribution in [0.5, 0.6) is 0 Å². The lowest BCUT2D eigenvalue weighted by molar-refractivity contribution is 0.135. The molecule has 1 fully saturated rings. The maximum atomic E-state index is 4.19. The van der Waals surface area contributed by atoms with E-state index < -0.39 is 0 Å². The Labute approximate surface area is 108 Å². The van der Waals surface area contributed by atoms with Gasteiger partial charge in [-0.05, 0) is 63.2 Å². The summed E-state index contributed by atoms with van der Waals surface area (Å²) in [6, 6.07) is 0. The van der Waals surface area contributed by atoms with Gasteiger partial charge in [-0.25, -0.2) is 0 Å². The highest BCUT2D eigenvalue weighted by Crippen LogP contribution is 2.47. The molecule has 0 aromatic heterocycles. The molecule has 0 bridgehead atoms. The zero-order chi connectivity index (χ0) is 13.0. The van der Waals surface area contributed by atoms with E-state index in [1.807, 2.05) is 13.8 Å². The van der Waals surface area contributed by atoms with Gasteiger partial charge in [0.25, 0.3) is 0 Å². The predicted molar refractivity (Wildman–Crippen MR) is 78.0 cm³/mol. The predicted octanol–water partition coefficient (Wildman–Crippen LogP) is 5.61. The highest BCUT2D eigenvalue weighted by molar-refractivity contribution is 5.15. The van der Waals surface area contributed by atoms with Crippen molar-refractivity contribution in [2.75, 3.05) is 0 Å². The number of hydrogen-bond donors (Lipinski definition) is 0. The van der Waals surface area contributed by atoms with Gasteiger partial charge in [-0.2, -0.15) is 0 Å². The Morgan fingerprint density at radius 1 is 1.24 bits per heavy atom. The summed E-state index contributed by atoms with van der Waals surface area (Å²) >= 11 is 0. The monoisotopic (exact) mass is 234 g/mol. The third-order valence-electron chi connectivity index (χ3n) is 4.60. The minimum Gasteiger partial charge on any atom is -0.0998 e. The van der Waals surface area contributed by atoms with E-state index in [2.05, 4.69) is 33.4 Å². The molecular weight excluding hydrogens is 204 g/mol. The van der Waals surface area contributed by atoms with E-state index >= 15 is 0 Å². The maximum Gasteiger partial charge on any atom is -0.0134 e. The van der Waals surface area contributed by atoms with Gasteiger partial charge in [0.1, 0.15) is 0 Å². The quantitative estimate of drug-likeness (QED) is 0.517. The van der Waals surface area contributed by atoms with Gasteiger partial charge in [-0.15, -0.1) is 0 Å². The fourth-order valence-corrected chi connectivity index (χ4v) is 3.62. The van der Waals surface area contributed by atoms with E-state index in [4.69, 9.17) is 0 Å². The zero-order valence-corrected chi connectivity index (χ0v) is 12.4. The van der Waals surface area contributed by atoms with Crippen LogP contribution in [0.2, 0.25) is 0 Å². The fourth-order valence-electron chi connectivity index (χ4n) is 3.62. The Hall–Kier alpha value is -0.520. The molecule has 0 radical (unpaired) electrons. The molecule has 0 heterocycles. The third-order valence-corrected chi connectivity index (χ3v) is 4.60. The summed E-state index contributed by atoms with van der Waals surface area (Å²) in [5, 5.41) is 0.